The van der Waals surface area contributed by atoms with Crippen LogP contribution in [0.25, 0.3) is 0 Å². The van der Waals surface area contributed by atoms with Crippen LogP contribution in [0.2, 0.25) is 0 Å². The lowest BCUT2D eigenvalue weighted by Crippen LogP contribution is -2.36. The summed E-state index contributed by atoms with van der Waals surface area (Å²) in [4.78, 5) is 9.64. The molecule has 0 radical (unpaired) electrons. The highest BCUT2D eigenvalue weighted by Crippen LogP contribution is 2.24. The molecule has 4 nitrogen and oxygen atoms in total. The first-order valence-corrected chi connectivity index (χ1v) is 5.65. The Labute approximate surface area is 106 Å². The Balaban J connectivity index is 2.57. The molecule has 0 aromatic heterocycles. The van der Waals surface area contributed by atoms with E-state index < -0.39 is 10.9 Å². The van der Waals surface area contributed by atoms with Crippen molar-refractivity contribution in [3.05, 3.63) is 29.2 Å². The van der Waals surface area contributed by atoms with Crippen LogP contribution in [0.3, 0.4) is 0 Å². The Hall–Kier alpha value is -1.29. The van der Waals surface area contributed by atoms with E-state index in [1.807, 2.05) is 0 Å². The van der Waals surface area contributed by atoms with Gasteiger partial charge in [0.05, 0.1) is 7.11 Å². The first-order valence-electron chi connectivity index (χ1n) is 5.28. The smallest absolute Gasteiger partial charge is 0.119 e. The number of alkyl halides is 1. The van der Waals surface area contributed by atoms with Crippen LogP contribution in [0.15, 0.2) is 29.4 Å². The Morgan fingerprint density at radius 1 is 1.35 bits per heavy atom. The average Bonchev–Trinajstić information content (AvgIpc) is 2.36. The topological polar surface area (TPSA) is 47.9 Å². The molecular weight excluding hydrogens is 242 g/mol. The van der Waals surface area contributed by atoms with Gasteiger partial charge in [0, 0.05) is 0 Å². The van der Waals surface area contributed by atoms with Crippen molar-refractivity contribution in [3.63, 3.8) is 0 Å². The summed E-state index contributed by atoms with van der Waals surface area (Å²) < 4.78 is 10.5. The van der Waals surface area contributed by atoms with Crippen LogP contribution >= 0.6 is 11.6 Å². The predicted molar refractivity (Wildman–Crippen MR) is 68.0 cm³/mol. The fourth-order valence-corrected chi connectivity index (χ4v) is 1.22. The van der Waals surface area contributed by atoms with E-state index in [0.717, 1.165) is 5.75 Å². The molecule has 1 aromatic carbocycles. The highest BCUT2D eigenvalue weighted by atomic mass is 35.5. The molecule has 0 fully saturated rings. The molecule has 17 heavy (non-hydrogen) atoms. The number of halogens is 1. The number of methoxy groups -OCH3 is 1. The van der Waals surface area contributed by atoms with Crippen molar-refractivity contribution in [3.8, 4) is 11.5 Å². The predicted octanol–water partition coefficient (Wildman–Crippen LogP) is 3.23. The van der Waals surface area contributed by atoms with E-state index in [1.165, 1.54) is 0 Å². The van der Waals surface area contributed by atoms with Crippen LogP contribution in [-0.2, 0) is 0 Å². The van der Waals surface area contributed by atoms with E-state index in [4.69, 9.17) is 21.1 Å². The van der Waals surface area contributed by atoms with Gasteiger partial charge in [-0.2, -0.15) is 4.91 Å². The summed E-state index contributed by atoms with van der Waals surface area (Å²) in [5.41, 5.74) is 0. The summed E-state index contributed by atoms with van der Waals surface area (Å²) in [5, 5.41) is 2.92. The molecule has 0 saturated heterocycles. The van der Waals surface area contributed by atoms with E-state index in [1.54, 1.807) is 45.2 Å². The van der Waals surface area contributed by atoms with Crippen molar-refractivity contribution in [2.75, 3.05) is 13.7 Å². The maximum absolute atomic E-state index is 10.4. The number of benzene rings is 1. The second-order valence-corrected chi connectivity index (χ2v) is 4.89. The minimum absolute atomic E-state index is 0.216. The molecule has 0 N–H and O–H groups in total. The minimum Gasteiger partial charge on any atom is -0.497 e. The molecule has 0 heterocycles. The maximum Gasteiger partial charge on any atom is 0.119 e. The lowest BCUT2D eigenvalue weighted by atomic mass is 10.1. The van der Waals surface area contributed by atoms with Gasteiger partial charge in [-0.15, -0.1) is 11.6 Å². The van der Waals surface area contributed by atoms with Gasteiger partial charge >= 0.3 is 0 Å². The van der Waals surface area contributed by atoms with E-state index in [2.05, 4.69) is 5.18 Å². The van der Waals surface area contributed by atoms with Crippen molar-refractivity contribution in [2.45, 2.75) is 24.8 Å². The molecular formula is C12H16ClNO3. The number of rotatable bonds is 6. The Bertz CT molecular complexity index is 365. The molecule has 94 valence electrons. The summed E-state index contributed by atoms with van der Waals surface area (Å²) in [6.45, 7) is 3.61. The third-order valence-corrected chi connectivity index (χ3v) is 3.03. The zero-order chi connectivity index (χ0) is 12.9. The highest BCUT2D eigenvalue weighted by Gasteiger charge is 2.30. The summed E-state index contributed by atoms with van der Waals surface area (Å²) in [6, 6.07) is 6.64. The van der Waals surface area contributed by atoms with Gasteiger partial charge in [-0.3, -0.25) is 0 Å². The normalized spacial score (nSPS) is 15.8. The first-order chi connectivity index (χ1) is 7.99. The molecule has 0 amide bonds. The van der Waals surface area contributed by atoms with Crippen molar-refractivity contribution >= 4 is 11.6 Å². The molecule has 0 saturated carbocycles. The molecule has 2 unspecified atom stereocenters. The minimum atomic E-state index is -0.804. The molecule has 0 aliphatic rings. The van der Waals surface area contributed by atoms with Crippen molar-refractivity contribution in [1.82, 2.24) is 0 Å². The van der Waals surface area contributed by atoms with Gasteiger partial charge in [0.1, 0.15) is 29.0 Å². The summed E-state index contributed by atoms with van der Waals surface area (Å²) in [5.74, 6) is 1.43. The monoisotopic (exact) mass is 257 g/mol. The number of ether oxygens (including phenoxy) is 2. The highest BCUT2D eigenvalue weighted by molar-refractivity contribution is 6.24. The molecule has 2 atom stereocenters. The third-order valence-electron chi connectivity index (χ3n) is 2.61. The van der Waals surface area contributed by atoms with Crippen LogP contribution in [0.5, 0.6) is 11.5 Å². The van der Waals surface area contributed by atoms with Crippen molar-refractivity contribution in [2.24, 2.45) is 5.18 Å². The fourth-order valence-electron chi connectivity index (χ4n) is 1.13. The second-order valence-electron chi connectivity index (χ2n) is 4.02. The Morgan fingerprint density at radius 2 is 1.88 bits per heavy atom. The van der Waals surface area contributed by atoms with Gasteiger partial charge in [-0.25, -0.2) is 0 Å². The maximum atomic E-state index is 10.4. The molecule has 0 aliphatic heterocycles. The molecule has 0 bridgehead atoms. The van der Waals surface area contributed by atoms with Gasteiger partial charge in [0.15, 0.2) is 0 Å². The van der Waals surface area contributed by atoms with Crippen LogP contribution in [-0.4, -0.2) is 24.6 Å². The van der Waals surface area contributed by atoms with E-state index >= 15 is 0 Å². The van der Waals surface area contributed by atoms with E-state index in [-0.39, 0.29) is 6.61 Å². The molecule has 0 spiro atoms. The van der Waals surface area contributed by atoms with Crippen LogP contribution < -0.4 is 9.47 Å². The van der Waals surface area contributed by atoms with E-state index in [0.29, 0.717) is 5.75 Å². The molecule has 5 heteroatoms. The van der Waals surface area contributed by atoms with Crippen LogP contribution in [0.1, 0.15) is 13.8 Å². The Kier molecular flexibility index (Phi) is 4.75. The zero-order valence-corrected chi connectivity index (χ0v) is 10.9. The van der Waals surface area contributed by atoms with E-state index in [9.17, 15) is 4.91 Å². The van der Waals surface area contributed by atoms with Gasteiger partial charge in [-0.05, 0) is 38.1 Å². The van der Waals surface area contributed by atoms with Gasteiger partial charge in [-0.1, -0.05) is 5.18 Å². The number of nitrogens with zero attached hydrogens (tertiary/aromatic N) is 1. The third kappa shape index (κ3) is 3.89. The largest absolute Gasteiger partial charge is 0.497 e. The summed E-state index contributed by atoms with van der Waals surface area (Å²) in [7, 11) is 1.60. The Morgan fingerprint density at radius 3 is 2.35 bits per heavy atom. The lowest BCUT2D eigenvalue weighted by Gasteiger charge is -2.24. The molecule has 1 aromatic rings. The van der Waals surface area contributed by atoms with Gasteiger partial charge in [0.25, 0.3) is 0 Å². The average molecular weight is 258 g/mol. The second kappa shape index (κ2) is 5.87. The fraction of sp³-hybridized carbons (Fsp3) is 0.500. The SMILES string of the molecule is COc1ccc(OCC(C)(Cl)C(C)N=O)cc1. The molecule has 1 rings (SSSR count). The number of hydrogen-bond acceptors (Lipinski definition) is 4. The van der Waals surface area contributed by atoms with Gasteiger partial charge in [0.2, 0.25) is 0 Å². The molecule has 0 aliphatic carbocycles. The van der Waals surface area contributed by atoms with Gasteiger partial charge < -0.3 is 9.47 Å². The van der Waals surface area contributed by atoms with Crippen molar-refractivity contribution < 1.29 is 9.47 Å². The zero-order valence-electron chi connectivity index (χ0n) is 10.1. The van der Waals surface area contributed by atoms with Crippen molar-refractivity contribution in [1.29, 1.82) is 0 Å². The lowest BCUT2D eigenvalue weighted by molar-refractivity contribution is 0.259. The first kappa shape index (κ1) is 13.8. The van der Waals surface area contributed by atoms with Crippen LogP contribution in [0, 0.1) is 4.91 Å². The number of hydrogen-bond donors (Lipinski definition) is 0. The summed E-state index contributed by atoms with van der Waals surface area (Å²) >= 11 is 6.15. The standard InChI is InChI=1S/C12H16ClNO3/c1-9(14-15)12(2,13)8-17-11-6-4-10(16-3)5-7-11/h4-7,9H,8H2,1-3H3. The summed E-state index contributed by atoms with van der Waals surface area (Å²) in [6.07, 6.45) is 0. The number of nitroso groups, excluding NO2 is 1. The van der Waals surface area contributed by atoms with Crippen LogP contribution in [0.4, 0.5) is 0 Å². The quantitative estimate of drug-likeness (QED) is 0.581.